The Morgan fingerprint density at radius 1 is 0.959 bits per heavy atom. The number of thiazole rings is 1. The molecular weight excluding hydrogens is 955 g/mol. The third-order valence-electron chi connectivity index (χ3n) is 16.1. The van der Waals surface area contributed by atoms with E-state index in [1.807, 2.05) is 81.1 Å². The number of carbonyl (C=O) groups is 2. The van der Waals surface area contributed by atoms with Gasteiger partial charge >= 0.3 is 0 Å². The van der Waals surface area contributed by atoms with E-state index in [2.05, 4.69) is 47.4 Å². The zero-order valence-corrected chi connectivity index (χ0v) is 43.3. The van der Waals surface area contributed by atoms with Gasteiger partial charge in [0.1, 0.15) is 17.7 Å². The topological polar surface area (TPSA) is 212 Å². The van der Waals surface area contributed by atoms with Gasteiger partial charge in [-0.2, -0.15) is 0 Å². The summed E-state index contributed by atoms with van der Waals surface area (Å²) in [4.78, 5) is 53.1. The van der Waals surface area contributed by atoms with Crippen LogP contribution in [0.1, 0.15) is 117 Å². The molecule has 3 aliphatic heterocycles. The second kappa shape index (κ2) is 21.2. The normalized spacial score (nSPS) is 22.1. The quantitative estimate of drug-likeness (QED) is 0.0805. The highest BCUT2D eigenvalue weighted by molar-refractivity contribution is 7.13. The van der Waals surface area contributed by atoms with Crippen LogP contribution < -0.4 is 15.0 Å². The van der Waals surface area contributed by atoms with Gasteiger partial charge in [0.05, 0.1) is 40.5 Å². The molecule has 386 valence electrons. The first-order chi connectivity index (χ1) is 35.9. The lowest BCUT2D eigenvalue weighted by molar-refractivity contribution is -0.141. The lowest BCUT2D eigenvalue weighted by Crippen LogP contribution is -2.48. The van der Waals surface area contributed by atoms with Crippen LogP contribution in [-0.2, 0) is 22.6 Å². The maximum absolute atomic E-state index is 14.2. The fourth-order valence-corrected chi connectivity index (χ4v) is 12.8. The molecule has 4 N–H and O–H groups in total. The molecule has 2 aromatic carbocycles. The predicted molar refractivity (Wildman–Crippen MR) is 282 cm³/mol. The van der Waals surface area contributed by atoms with Gasteiger partial charge in [0.2, 0.25) is 17.8 Å². The second-order valence-corrected chi connectivity index (χ2v) is 22.0. The maximum atomic E-state index is 14.2. The van der Waals surface area contributed by atoms with Gasteiger partial charge in [0.15, 0.2) is 11.4 Å². The number of H-pyrrole nitrogens is 1. The third-order valence-corrected chi connectivity index (χ3v) is 17.1. The molecule has 17 nitrogen and oxygen atoms in total. The summed E-state index contributed by atoms with van der Waals surface area (Å²) in [6.45, 7) is 11.9. The molecule has 0 spiro atoms. The summed E-state index contributed by atoms with van der Waals surface area (Å²) in [5.74, 6) is 1.06. The summed E-state index contributed by atoms with van der Waals surface area (Å²) >= 11 is 1.60. The van der Waals surface area contributed by atoms with Crippen molar-refractivity contribution >= 4 is 40.1 Å². The molecule has 0 bridgehead atoms. The molecule has 2 amide bonds. The van der Waals surface area contributed by atoms with E-state index in [-0.39, 0.29) is 42.5 Å². The van der Waals surface area contributed by atoms with Crippen LogP contribution in [0.3, 0.4) is 0 Å². The third kappa shape index (κ3) is 10.1. The smallest absolute Gasteiger partial charge is 0.254 e. The molecule has 11 rings (SSSR count). The van der Waals surface area contributed by atoms with Gasteiger partial charge in [-0.15, -0.1) is 21.5 Å². The first-order valence-corrected chi connectivity index (χ1v) is 27.2. The van der Waals surface area contributed by atoms with Gasteiger partial charge in [-0.25, -0.2) is 15.0 Å². The number of likely N-dealkylation sites (tertiary alicyclic amines) is 2. The van der Waals surface area contributed by atoms with Crippen LogP contribution in [-0.4, -0.2) is 118 Å². The summed E-state index contributed by atoms with van der Waals surface area (Å²) in [6, 6.07) is 18.7. The van der Waals surface area contributed by atoms with Crippen molar-refractivity contribution in [1.82, 2.24) is 50.4 Å². The van der Waals surface area contributed by atoms with Crippen LogP contribution in [0.15, 0.2) is 83.1 Å². The van der Waals surface area contributed by atoms with E-state index in [4.69, 9.17) is 19.2 Å². The minimum Gasteiger partial charge on any atom is -0.507 e. The molecular formula is C56H65N11O6S. The highest BCUT2D eigenvalue weighted by atomic mass is 32.1. The summed E-state index contributed by atoms with van der Waals surface area (Å²) < 4.78 is 12.0. The Bertz CT molecular complexity index is 3090. The first kappa shape index (κ1) is 49.5. The Kier molecular flexibility index (Phi) is 14.2. The number of nitrogens with zero attached hydrogens (tertiary/aromatic N) is 9. The number of rotatable bonds is 14. The van der Waals surface area contributed by atoms with E-state index >= 15 is 0 Å². The number of hydrogen-bond donors (Lipinski definition) is 4. The van der Waals surface area contributed by atoms with Crippen molar-refractivity contribution < 1.29 is 29.1 Å². The van der Waals surface area contributed by atoms with Crippen molar-refractivity contribution in [2.45, 2.75) is 122 Å². The zero-order chi connectivity index (χ0) is 51.0. The number of piperidine rings is 1. The Hall–Kier alpha value is -6.76. The number of ether oxygens (including phenoxy) is 1. The standard InChI is InChI=1S/C56H65N11O6S/c1-32(2)50(55(71)67-29-41(68)23-46(67)54(70)57-26-35-9-13-38(14-10-35)52-33(3)60-31-74-52)48-25-49(64-73-48)72-30-36-11-15-40(16-12-36)65-20-17-37(18-21-65)39-27-58-56(59-28-39)66-22-19-44-51(34(66)4)43-24-45(62-63-53(43)61-44)42-7-5-6-8-47(42)69/h5-10,13-14,24-25,27-28,31-32,34,36-37,40-41,46,50,68-69H,11-12,15-23,26,29-30H2,1-4H3,(H,57,70)(H,61,63)/t34-,36?,40?,41-,46+,50?/m1/s1. The number of phenolic OH excluding ortho intramolecular Hbond substituents is 1. The molecule has 5 aromatic heterocycles. The van der Waals surface area contributed by atoms with Crippen LogP contribution in [0.5, 0.6) is 11.6 Å². The summed E-state index contributed by atoms with van der Waals surface area (Å²) in [6.07, 6.45) is 10.8. The van der Waals surface area contributed by atoms with Crippen LogP contribution in [0.4, 0.5) is 5.95 Å². The number of para-hydroxylation sites is 1. The highest BCUT2D eigenvalue weighted by Gasteiger charge is 2.43. The molecule has 74 heavy (non-hydrogen) atoms. The average molecular weight is 1020 g/mol. The number of fused-ring (bicyclic) bond motifs is 3. The molecule has 0 radical (unpaired) electrons. The Labute approximate surface area is 434 Å². The number of aromatic hydroxyl groups is 1. The summed E-state index contributed by atoms with van der Waals surface area (Å²) in [5, 5.41) is 38.3. The fourth-order valence-electron chi connectivity index (χ4n) is 11.9. The van der Waals surface area contributed by atoms with Gasteiger partial charge < -0.3 is 44.5 Å². The molecule has 4 atom stereocenters. The maximum Gasteiger partial charge on any atom is 0.254 e. The number of anilines is 1. The molecule has 18 heteroatoms. The fraction of sp³-hybridized carbons (Fsp3) is 0.464. The molecule has 2 saturated heterocycles. The summed E-state index contributed by atoms with van der Waals surface area (Å²) in [5.41, 5.74) is 10.4. The lowest BCUT2D eigenvalue weighted by Gasteiger charge is -2.40. The predicted octanol–water partition coefficient (Wildman–Crippen LogP) is 8.50. The largest absolute Gasteiger partial charge is 0.507 e. The van der Waals surface area contributed by atoms with Gasteiger partial charge in [-0.3, -0.25) is 9.59 Å². The number of aliphatic hydroxyl groups is 1. The number of aromatic nitrogens is 7. The van der Waals surface area contributed by atoms with Gasteiger partial charge in [-0.1, -0.05) is 50.2 Å². The van der Waals surface area contributed by atoms with Crippen molar-refractivity contribution in [3.05, 3.63) is 112 Å². The van der Waals surface area contributed by atoms with Crippen molar-refractivity contribution in [2.75, 3.05) is 37.7 Å². The van der Waals surface area contributed by atoms with Crippen molar-refractivity contribution in [1.29, 1.82) is 0 Å². The molecule has 4 aliphatic rings. The molecule has 1 aliphatic carbocycles. The number of amides is 2. The second-order valence-electron chi connectivity index (χ2n) is 21.1. The Morgan fingerprint density at radius 2 is 1.73 bits per heavy atom. The molecule has 1 saturated carbocycles. The molecule has 1 unspecified atom stereocenters. The van der Waals surface area contributed by atoms with E-state index in [1.54, 1.807) is 29.5 Å². The molecule has 7 aromatic rings. The minimum atomic E-state index is -0.807. The average Bonchev–Trinajstić information content (AvgIpc) is 4.24. The number of carbonyl (C=O) groups excluding carboxylic acids is 2. The van der Waals surface area contributed by atoms with Crippen LogP contribution in [0.25, 0.3) is 32.7 Å². The van der Waals surface area contributed by atoms with Crippen LogP contribution >= 0.6 is 11.3 Å². The van der Waals surface area contributed by atoms with E-state index < -0.39 is 18.1 Å². The van der Waals surface area contributed by atoms with Crippen molar-refractivity contribution in [2.24, 2.45) is 11.8 Å². The Balaban J connectivity index is 0.633. The number of aliphatic hydroxyl groups excluding tert-OH is 1. The molecule has 8 heterocycles. The van der Waals surface area contributed by atoms with Gasteiger partial charge in [-0.05, 0) is 123 Å². The zero-order valence-electron chi connectivity index (χ0n) is 42.5. The number of β-amino-alcohol motifs (C(OH)–C–C–N with tert-alkyl or cyclic N) is 1. The summed E-state index contributed by atoms with van der Waals surface area (Å²) in [7, 11) is 0. The number of hydrogen-bond acceptors (Lipinski definition) is 15. The van der Waals surface area contributed by atoms with Gasteiger partial charge in [0, 0.05) is 79.2 Å². The van der Waals surface area contributed by atoms with E-state index in [0.717, 1.165) is 109 Å². The number of aryl methyl sites for hydroxylation is 1. The first-order valence-electron chi connectivity index (χ1n) is 26.3. The van der Waals surface area contributed by atoms with Crippen molar-refractivity contribution in [3.63, 3.8) is 0 Å². The molecule has 3 fully saturated rings. The monoisotopic (exact) mass is 1020 g/mol. The number of nitrogens with one attached hydrogen (secondary N) is 2. The van der Waals surface area contributed by atoms with Crippen LogP contribution in [0.2, 0.25) is 0 Å². The number of phenols is 1. The highest BCUT2D eigenvalue weighted by Crippen LogP contribution is 2.40. The van der Waals surface area contributed by atoms with E-state index in [1.165, 1.54) is 16.0 Å². The Morgan fingerprint density at radius 3 is 2.46 bits per heavy atom. The minimum absolute atomic E-state index is 0.0231. The van der Waals surface area contributed by atoms with Gasteiger partial charge in [0.25, 0.3) is 5.88 Å². The van der Waals surface area contributed by atoms with Crippen LogP contribution in [0, 0.1) is 18.8 Å². The van der Waals surface area contributed by atoms with E-state index in [0.29, 0.717) is 53.9 Å². The van der Waals surface area contributed by atoms with Crippen molar-refractivity contribution in [3.8, 4) is 33.3 Å². The number of aromatic amines is 1. The SMILES string of the molecule is Cc1ncsc1-c1ccc(CNC(=O)[C@@H]2C[C@@H](O)CN2C(=O)C(c2cc(OCC3CCC(N4CCC(c5cnc(N6CCc7[nH]c8nnc(-c9ccccc9O)cc8c7[C@H]6C)nc5)CC4)CC3)no2)C(C)C)cc1. The van der Waals surface area contributed by atoms with E-state index in [9.17, 15) is 19.8 Å². The lowest BCUT2D eigenvalue weighted by atomic mass is 9.83. The number of benzene rings is 2.